The van der Waals surface area contributed by atoms with E-state index >= 15 is 4.39 Å². The van der Waals surface area contributed by atoms with Crippen molar-refractivity contribution >= 4 is 16.1 Å². The maximum atomic E-state index is 15.1. The first kappa shape index (κ1) is 20.2. The van der Waals surface area contributed by atoms with Crippen LogP contribution >= 0.6 is 0 Å². The Morgan fingerprint density at radius 3 is 2.68 bits per heavy atom. The van der Waals surface area contributed by atoms with Crippen molar-refractivity contribution in [1.82, 2.24) is 14.3 Å². The number of hydrogen-bond donors (Lipinski definition) is 1. The molecule has 1 amide bonds. The molecular formula is C18H21F2N3O4S. The number of alkyl carbamates (subject to hydrolysis) is 1. The zero-order valence-corrected chi connectivity index (χ0v) is 16.1. The SMILES string of the molecule is CNC(=O)OCc1cn(S(=O)(=O)C2CCCCC2)c(-c2cccnc2F)c1F. The summed E-state index contributed by atoms with van der Waals surface area (Å²) in [5.41, 5.74) is -0.876. The van der Waals surface area contributed by atoms with Gasteiger partial charge in [-0.3, -0.25) is 0 Å². The highest BCUT2D eigenvalue weighted by molar-refractivity contribution is 7.90. The van der Waals surface area contributed by atoms with Gasteiger partial charge >= 0.3 is 6.09 Å². The molecule has 2 aromatic heterocycles. The number of nitrogens with one attached hydrogen (secondary N) is 1. The molecule has 1 aliphatic carbocycles. The van der Waals surface area contributed by atoms with Gasteiger partial charge in [0.25, 0.3) is 0 Å². The summed E-state index contributed by atoms with van der Waals surface area (Å²) in [6, 6.07) is 2.65. The highest BCUT2D eigenvalue weighted by Crippen LogP contribution is 2.34. The third kappa shape index (κ3) is 3.87. The first-order valence-corrected chi connectivity index (χ1v) is 10.5. The lowest BCUT2D eigenvalue weighted by atomic mass is 10.0. The number of ether oxygens (including phenoxy) is 1. The van der Waals surface area contributed by atoms with Crippen LogP contribution in [0.15, 0.2) is 24.5 Å². The molecule has 1 fully saturated rings. The highest BCUT2D eigenvalue weighted by Gasteiger charge is 2.34. The zero-order chi connectivity index (χ0) is 20.3. The van der Waals surface area contributed by atoms with E-state index in [0.29, 0.717) is 12.8 Å². The minimum absolute atomic E-state index is 0.166. The Balaban J connectivity index is 2.11. The quantitative estimate of drug-likeness (QED) is 0.761. The third-order valence-electron chi connectivity index (χ3n) is 4.81. The average Bonchev–Trinajstić information content (AvgIpc) is 3.04. The summed E-state index contributed by atoms with van der Waals surface area (Å²) in [6.07, 6.45) is 4.84. The monoisotopic (exact) mass is 413 g/mol. The second kappa shape index (κ2) is 8.26. The number of carbonyl (C=O) groups excluding carboxylic acids is 1. The van der Waals surface area contributed by atoms with Crippen molar-refractivity contribution in [3.8, 4) is 11.3 Å². The van der Waals surface area contributed by atoms with Crippen LogP contribution in [0, 0.1) is 11.8 Å². The van der Waals surface area contributed by atoms with Crippen LogP contribution in [0.2, 0.25) is 0 Å². The lowest BCUT2D eigenvalue weighted by Crippen LogP contribution is -2.29. The summed E-state index contributed by atoms with van der Waals surface area (Å²) in [6.45, 7) is -0.492. The molecule has 0 atom stereocenters. The Morgan fingerprint density at radius 1 is 1.32 bits per heavy atom. The van der Waals surface area contributed by atoms with Gasteiger partial charge in [0.15, 0.2) is 5.82 Å². The Hall–Kier alpha value is -2.49. The molecule has 0 aliphatic heterocycles. The molecule has 1 N–H and O–H groups in total. The Labute approximate surface area is 161 Å². The molecular weight excluding hydrogens is 392 g/mol. The molecule has 10 heteroatoms. The maximum Gasteiger partial charge on any atom is 0.407 e. The molecule has 0 bridgehead atoms. The van der Waals surface area contributed by atoms with E-state index < -0.39 is 45.4 Å². The van der Waals surface area contributed by atoms with Crippen molar-refractivity contribution in [2.45, 2.75) is 44.0 Å². The van der Waals surface area contributed by atoms with E-state index in [0.717, 1.165) is 29.4 Å². The van der Waals surface area contributed by atoms with Gasteiger partial charge in [-0.1, -0.05) is 19.3 Å². The number of nitrogens with zero attached hydrogens (tertiary/aromatic N) is 2. The summed E-state index contributed by atoms with van der Waals surface area (Å²) in [5.74, 6) is -1.95. The van der Waals surface area contributed by atoms with Crippen LogP contribution in [0.3, 0.4) is 0 Å². The van der Waals surface area contributed by atoms with Gasteiger partial charge in [-0.2, -0.15) is 4.39 Å². The number of amides is 1. The van der Waals surface area contributed by atoms with Crippen molar-refractivity contribution in [3.63, 3.8) is 0 Å². The molecule has 28 heavy (non-hydrogen) atoms. The van der Waals surface area contributed by atoms with E-state index in [9.17, 15) is 17.6 Å². The molecule has 0 spiro atoms. The van der Waals surface area contributed by atoms with Crippen molar-refractivity contribution < 1.29 is 26.7 Å². The number of halogens is 2. The van der Waals surface area contributed by atoms with Crippen LogP contribution in [-0.2, 0) is 21.4 Å². The van der Waals surface area contributed by atoms with Gasteiger partial charge in [0.1, 0.15) is 12.3 Å². The van der Waals surface area contributed by atoms with Gasteiger partial charge in [0.05, 0.1) is 10.8 Å². The van der Waals surface area contributed by atoms with Gasteiger partial charge in [-0.15, -0.1) is 0 Å². The minimum atomic E-state index is -3.98. The summed E-state index contributed by atoms with van der Waals surface area (Å²) < 4.78 is 61.4. The van der Waals surface area contributed by atoms with E-state index in [2.05, 4.69) is 10.3 Å². The predicted octanol–water partition coefficient (Wildman–Crippen LogP) is 3.19. The summed E-state index contributed by atoms with van der Waals surface area (Å²) >= 11 is 0. The van der Waals surface area contributed by atoms with Crippen LogP contribution in [0.4, 0.5) is 13.6 Å². The standard InChI is InChI=1S/C18H21F2N3O4S/c1-21-18(24)27-11-12-10-23(28(25,26)13-6-3-2-4-7-13)16(15(12)19)14-8-5-9-22-17(14)20/h5,8-10,13H,2-4,6-7,11H2,1H3,(H,21,24). The van der Waals surface area contributed by atoms with Crippen LogP contribution in [0.1, 0.15) is 37.7 Å². The second-order valence-electron chi connectivity index (χ2n) is 6.59. The second-order valence-corrected chi connectivity index (χ2v) is 8.68. The number of pyridine rings is 1. The Morgan fingerprint density at radius 2 is 2.04 bits per heavy atom. The van der Waals surface area contributed by atoms with Crippen LogP contribution in [-0.4, -0.2) is 35.8 Å². The smallest absolute Gasteiger partial charge is 0.407 e. The molecule has 2 heterocycles. The molecule has 0 radical (unpaired) electrons. The van der Waals surface area contributed by atoms with Crippen LogP contribution in [0.25, 0.3) is 11.3 Å². The third-order valence-corrected chi connectivity index (χ3v) is 6.96. The summed E-state index contributed by atoms with van der Waals surface area (Å²) in [5, 5.41) is 1.54. The first-order chi connectivity index (χ1) is 13.4. The van der Waals surface area contributed by atoms with Gasteiger partial charge < -0.3 is 10.1 Å². The van der Waals surface area contributed by atoms with Crippen LogP contribution in [0.5, 0.6) is 0 Å². The minimum Gasteiger partial charge on any atom is -0.445 e. The molecule has 2 aromatic rings. The van der Waals surface area contributed by atoms with Crippen molar-refractivity contribution in [1.29, 1.82) is 0 Å². The van der Waals surface area contributed by atoms with Gasteiger partial charge in [-0.05, 0) is 25.0 Å². The normalized spacial score (nSPS) is 15.4. The predicted molar refractivity (Wildman–Crippen MR) is 98.0 cm³/mol. The van der Waals surface area contributed by atoms with Crippen molar-refractivity contribution in [2.24, 2.45) is 0 Å². The van der Waals surface area contributed by atoms with E-state index in [-0.39, 0.29) is 11.1 Å². The summed E-state index contributed by atoms with van der Waals surface area (Å²) in [4.78, 5) is 14.8. The van der Waals surface area contributed by atoms with Gasteiger partial charge in [-0.25, -0.2) is 26.6 Å². The van der Waals surface area contributed by atoms with E-state index in [1.807, 2.05) is 0 Å². The molecule has 3 rings (SSSR count). The lowest BCUT2D eigenvalue weighted by Gasteiger charge is -2.23. The fourth-order valence-corrected chi connectivity index (χ4v) is 5.31. The van der Waals surface area contributed by atoms with E-state index in [1.165, 1.54) is 25.4 Å². The van der Waals surface area contributed by atoms with Crippen molar-refractivity contribution in [3.05, 3.63) is 41.9 Å². The number of hydrogen-bond acceptors (Lipinski definition) is 5. The largest absolute Gasteiger partial charge is 0.445 e. The molecule has 0 unspecified atom stereocenters. The maximum absolute atomic E-state index is 15.1. The fraction of sp³-hybridized carbons (Fsp3) is 0.444. The molecule has 152 valence electrons. The number of rotatable bonds is 5. The summed E-state index contributed by atoms with van der Waals surface area (Å²) in [7, 11) is -2.64. The molecule has 1 aliphatic rings. The fourth-order valence-electron chi connectivity index (χ4n) is 3.35. The number of aromatic nitrogens is 2. The Bertz CT molecular complexity index is 969. The van der Waals surface area contributed by atoms with Crippen molar-refractivity contribution in [2.75, 3.05) is 7.05 Å². The number of carbonyl (C=O) groups is 1. The molecule has 1 saturated carbocycles. The lowest BCUT2D eigenvalue weighted by molar-refractivity contribution is 0.141. The Kier molecular flexibility index (Phi) is 5.97. The molecule has 0 aromatic carbocycles. The molecule has 0 saturated heterocycles. The van der Waals surface area contributed by atoms with Gasteiger partial charge in [0.2, 0.25) is 16.0 Å². The van der Waals surface area contributed by atoms with E-state index in [1.54, 1.807) is 0 Å². The average molecular weight is 413 g/mol. The zero-order valence-electron chi connectivity index (χ0n) is 15.3. The topological polar surface area (TPSA) is 90.3 Å². The highest BCUT2D eigenvalue weighted by atomic mass is 32.2. The first-order valence-electron chi connectivity index (χ1n) is 8.95. The molecule has 7 nitrogen and oxygen atoms in total. The van der Waals surface area contributed by atoms with Crippen LogP contribution < -0.4 is 5.32 Å². The van der Waals surface area contributed by atoms with E-state index in [4.69, 9.17) is 4.74 Å². The van der Waals surface area contributed by atoms with Gasteiger partial charge in [0, 0.05) is 25.0 Å².